The van der Waals surface area contributed by atoms with Crippen LogP contribution in [0.5, 0.6) is 0 Å². The van der Waals surface area contributed by atoms with Crippen LogP contribution in [0.4, 0.5) is 0 Å². The van der Waals surface area contributed by atoms with Crippen LogP contribution in [0.1, 0.15) is 51.1 Å². The average molecular weight is 264 g/mol. The summed E-state index contributed by atoms with van der Waals surface area (Å²) in [6.45, 7) is 5.31. The van der Waals surface area contributed by atoms with Crippen molar-refractivity contribution in [1.29, 1.82) is 0 Å². The fourth-order valence-corrected chi connectivity index (χ4v) is 2.11. The molecule has 0 aliphatic carbocycles. The summed E-state index contributed by atoms with van der Waals surface area (Å²) in [7, 11) is 0. The predicted octanol–water partition coefficient (Wildman–Crippen LogP) is 3.79. The molecule has 1 aromatic carbocycles. The molecular weight excluding hydrogens is 240 g/mol. The summed E-state index contributed by atoms with van der Waals surface area (Å²) in [6.07, 6.45) is 5.05. The highest BCUT2D eigenvalue weighted by atomic mass is 32.1. The van der Waals surface area contributed by atoms with Crippen molar-refractivity contribution in [2.45, 2.75) is 45.6 Å². The van der Waals surface area contributed by atoms with Crippen LogP contribution < -0.4 is 10.6 Å². The van der Waals surface area contributed by atoms with E-state index in [0.29, 0.717) is 0 Å². The molecule has 0 aliphatic rings. The van der Waals surface area contributed by atoms with Crippen molar-refractivity contribution < 1.29 is 0 Å². The Hall–Kier alpha value is -1.09. The van der Waals surface area contributed by atoms with Crippen molar-refractivity contribution in [3.63, 3.8) is 0 Å². The minimum atomic E-state index is 0.252. The molecule has 1 unspecified atom stereocenters. The van der Waals surface area contributed by atoms with Crippen molar-refractivity contribution in [3.8, 4) is 0 Å². The first kappa shape index (κ1) is 15.0. The minimum Gasteiger partial charge on any atom is -0.363 e. The maximum absolute atomic E-state index is 5.29. The number of benzene rings is 1. The third-order valence-electron chi connectivity index (χ3n) is 2.96. The van der Waals surface area contributed by atoms with E-state index in [1.165, 1.54) is 31.2 Å². The lowest BCUT2D eigenvalue weighted by Crippen LogP contribution is -2.37. The highest BCUT2D eigenvalue weighted by Gasteiger charge is 2.05. The maximum atomic E-state index is 5.29. The molecule has 0 spiro atoms. The quantitative estimate of drug-likeness (QED) is 0.579. The molecule has 0 aromatic heterocycles. The standard InChI is InChI=1S/C15H24N2S/c1-3-4-5-9-12-16-15(18)17-13(2)14-10-7-6-8-11-14/h6-8,10-11,13H,3-5,9,12H2,1-2H3,(H2,16,17,18). The molecule has 0 radical (unpaired) electrons. The van der Waals surface area contributed by atoms with E-state index in [9.17, 15) is 0 Å². The van der Waals surface area contributed by atoms with Gasteiger partial charge in [-0.15, -0.1) is 0 Å². The number of rotatable bonds is 7. The van der Waals surface area contributed by atoms with Gasteiger partial charge in [0.05, 0.1) is 6.04 Å². The van der Waals surface area contributed by atoms with E-state index in [-0.39, 0.29) is 6.04 Å². The first-order chi connectivity index (χ1) is 8.74. The monoisotopic (exact) mass is 264 g/mol. The van der Waals surface area contributed by atoms with E-state index in [2.05, 4.69) is 48.7 Å². The summed E-state index contributed by atoms with van der Waals surface area (Å²) in [4.78, 5) is 0. The summed E-state index contributed by atoms with van der Waals surface area (Å²) < 4.78 is 0. The van der Waals surface area contributed by atoms with Crippen LogP contribution in [0.3, 0.4) is 0 Å². The Kier molecular flexibility index (Phi) is 7.42. The zero-order chi connectivity index (χ0) is 13.2. The molecule has 2 nitrogen and oxygen atoms in total. The first-order valence-electron chi connectivity index (χ1n) is 6.83. The lowest BCUT2D eigenvalue weighted by Gasteiger charge is -2.17. The molecule has 18 heavy (non-hydrogen) atoms. The number of thiocarbonyl (C=S) groups is 1. The third kappa shape index (κ3) is 6.01. The van der Waals surface area contributed by atoms with Crippen LogP contribution in [0.15, 0.2) is 30.3 Å². The van der Waals surface area contributed by atoms with Gasteiger partial charge in [0.2, 0.25) is 0 Å². The fourth-order valence-electron chi connectivity index (χ4n) is 1.83. The molecule has 0 saturated heterocycles. The summed E-state index contributed by atoms with van der Waals surface area (Å²) in [5.41, 5.74) is 1.26. The average Bonchev–Trinajstić information content (AvgIpc) is 2.39. The van der Waals surface area contributed by atoms with Crippen LogP contribution in [0.25, 0.3) is 0 Å². The molecule has 100 valence electrons. The largest absolute Gasteiger partial charge is 0.363 e. The van der Waals surface area contributed by atoms with Gasteiger partial charge in [0, 0.05) is 6.54 Å². The van der Waals surface area contributed by atoms with Crippen molar-refractivity contribution in [3.05, 3.63) is 35.9 Å². The molecule has 0 heterocycles. The second-order valence-electron chi connectivity index (χ2n) is 4.59. The molecule has 2 N–H and O–H groups in total. The van der Waals surface area contributed by atoms with Gasteiger partial charge in [0.1, 0.15) is 0 Å². The Morgan fingerprint density at radius 2 is 1.89 bits per heavy atom. The Morgan fingerprint density at radius 1 is 1.17 bits per heavy atom. The van der Waals surface area contributed by atoms with Gasteiger partial charge in [-0.3, -0.25) is 0 Å². The van der Waals surface area contributed by atoms with E-state index in [1.807, 2.05) is 6.07 Å². The molecule has 1 aromatic rings. The molecule has 1 rings (SSSR count). The Balaban J connectivity index is 2.20. The highest BCUT2D eigenvalue weighted by Crippen LogP contribution is 2.10. The van der Waals surface area contributed by atoms with Gasteiger partial charge in [0.25, 0.3) is 0 Å². The molecule has 0 fully saturated rings. The zero-order valence-corrected chi connectivity index (χ0v) is 12.2. The van der Waals surface area contributed by atoms with Gasteiger partial charge in [-0.2, -0.15) is 0 Å². The van der Waals surface area contributed by atoms with Gasteiger partial charge in [-0.05, 0) is 31.1 Å². The Labute approximate surface area is 116 Å². The molecule has 0 saturated carbocycles. The maximum Gasteiger partial charge on any atom is 0.166 e. The zero-order valence-electron chi connectivity index (χ0n) is 11.4. The molecule has 0 amide bonds. The molecular formula is C15H24N2S. The van der Waals surface area contributed by atoms with E-state index < -0.39 is 0 Å². The van der Waals surface area contributed by atoms with E-state index in [4.69, 9.17) is 12.2 Å². The smallest absolute Gasteiger partial charge is 0.166 e. The van der Waals surface area contributed by atoms with Gasteiger partial charge in [-0.25, -0.2) is 0 Å². The first-order valence-corrected chi connectivity index (χ1v) is 7.24. The summed E-state index contributed by atoms with van der Waals surface area (Å²) in [6, 6.07) is 10.6. The normalized spacial score (nSPS) is 11.9. The second kappa shape index (κ2) is 8.92. The lowest BCUT2D eigenvalue weighted by molar-refractivity contribution is 0.640. The third-order valence-corrected chi connectivity index (χ3v) is 3.23. The second-order valence-corrected chi connectivity index (χ2v) is 5.00. The van der Waals surface area contributed by atoms with Crippen LogP contribution in [0, 0.1) is 0 Å². The van der Waals surface area contributed by atoms with Crippen LogP contribution in [0.2, 0.25) is 0 Å². The van der Waals surface area contributed by atoms with Crippen molar-refractivity contribution in [2.24, 2.45) is 0 Å². The van der Waals surface area contributed by atoms with Gasteiger partial charge >= 0.3 is 0 Å². The Bertz CT molecular complexity index is 338. The van der Waals surface area contributed by atoms with E-state index in [0.717, 1.165) is 11.7 Å². The molecule has 3 heteroatoms. The summed E-state index contributed by atoms with van der Waals surface area (Å²) in [5.74, 6) is 0. The highest BCUT2D eigenvalue weighted by molar-refractivity contribution is 7.80. The Morgan fingerprint density at radius 3 is 2.56 bits per heavy atom. The molecule has 0 bridgehead atoms. The number of hydrogen-bond donors (Lipinski definition) is 2. The van der Waals surface area contributed by atoms with E-state index in [1.54, 1.807) is 0 Å². The molecule has 0 aliphatic heterocycles. The van der Waals surface area contributed by atoms with Crippen LogP contribution in [-0.2, 0) is 0 Å². The van der Waals surface area contributed by atoms with Gasteiger partial charge in [-0.1, -0.05) is 56.5 Å². The SMILES string of the molecule is CCCCCCNC(=S)NC(C)c1ccccc1. The summed E-state index contributed by atoms with van der Waals surface area (Å²) >= 11 is 5.29. The predicted molar refractivity (Wildman–Crippen MR) is 82.7 cm³/mol. The van der Waals surface area contributed by atoms with Gasteiger partial charge < -0.3 is 10.6 Å². The summed E-state index contributed by atoms with van der Waals surface area (Å²) in [5, 5.41) is 7.32. The minimum absolute atomic E-state index is 0.252. The number of unbranched alkanes of at least 4 members (excludes halogenated alkanes) is 3. The van der Waals surface area contributed by atoms with Crippen LogP contribution in [-0.4, -0.2) is 11.7 Å². The van der Waals surface area contributed by atoms with Crippen molar-refractivity contribution in [1.82, 2.24) is 10.6 Å². The topological polar surface area (TPSA) is 24.1 Å². The number of nitrogens with one attached hydrogen (secondary N) is 2. The molecule has 1 atom stereocenters. The fraction of sp³-hybridized carbons (Fsp3) is 0.533. The van der Waals surface area contributed by atoms with Gasteiger partial charge in [0.15, 0.2) is 5.11 Å². The van der Waals surface area contributed by atoms with Crippen LogP contribution >= 0.6 is 12.2 Å². The number of hydrogen-bond acceptors (Lipinski definition) is 1. The van der Waals surface area contributed by atoms with Crippen molar-refractivity contribution >= 4 is 17.3 Å². The lowest BCUT2D eigenvalue weighted by atomic mass is 10.1. The van der Waals surface area contributed by atoms with Crippen molar-refractivity contribution in [2.75, 3.05) is 6.54 Å². The van der Waals surface area contributed by atoms with E-state index >= 15 is 0 Å².